The van der Waals surface area contributed by atoms with Gasteiger partial charge in [0, 0.05) is 11.6 Å². The van der Waals surface area contributed by atoms with E-state index >= 15 is 0 Å². The molecule has 1 aromatic heterocycles. The van der Waals surface area contributed by atoms with Gasteiger partial charge in [0.15, 0.2) is 5.13 Å². The molecule has 0 bridgehead atoms. The summed E-state index contributed by atoms with van der Waals surface area (Å²) in [4.78, 5) is 12.0. The molecular formula is C20H16FNO3S. The molecule has 4 N–H and O–H groups in total. The van der Waals surface area contributed by atoms with Crippen molar-refractivity contribution in [2.24, 2.45) is 0 Å². The molecular weight excluding hydrogens is 353 g/mol. The maximum absolute atomic E-state index is 13.3. The fourth-order valence-electron chi connectivity index (χ4n) is 3.24. The molecule has 3 aromatic rings. The SMILES string of the molecule is Nc1cc(F)sc1-c1ccc(-c2ccc(C3(C(=O)O)CC3)cc2)c(O)c1. The molecule has 1 heterocycles. The van der Waals surface area contributed by atoms with E-state index in [-0.39, 0.29) is 10.9 Å². The summed E-state index contributed by atoms with van der Waals surface area (Å²) in [6, 6.07) is 13.6. The highest BCUT2D eigenvalue weighted by Gasteiger charge is 2.51. The Bertz CT molecular complexity index is 1010. The van der Waals surface area contributed by atoms with Crippen LogP contribution in [0.4, 0.5) is 10.1 Å². The number of phenolic OH excluding ortho intramolecular Hbond substituents is 1. The third-order valence-corrected chi connectivity index (χ3v) is 5.89. The number of phenols is 1. The number of halogens is 1. The van der Waals surface area contributed by atoms with E-state index in [4.69, 9.17) is 5.73 Å². The number of carboxylic acids is 1. The minimum absolute atomic E-state index is 0.0582. The van der Waals surface area contributed by atoms with Gasteiger partial charge >= 0.3 is 5.97 Å². The molecule has 0 spiro atoms. The number of rotatable bonds is 4. The molecule has 6 heteroatoms. The molecule has 0 radical (unpaired) electrons. The molecule has 4 rings (SSSR count). The van der Waals surface area contributed by atoms with Crippen molar-refractivity contribution in [1.29, 1.82) is 0 Å². The molecule has 0 unspecified atom stereocenters. The number of nitrogens with two attached hydrogens (primary N) is 1. The van der Waals surface area contributed by atoms with E-state index in [1.54, 1.807) is 30.3 Å². The molecule has 1 fully saturated rings. The van der Waals surface area contributed by atoms with E-state index in [1.165, 1.54) is 6.07 Å². The number of nitrogen functional groups attached to an aromatic ring is 1. The molecule has 0 amide bonds. The molecule has 1 saturated carbocycles. The van der Waals surface area contributed by atoms with Gasteiger partial charge in [-0.25, -0.2) is 0 Å². The summed E-state index contributed by atoms with van der Waals surface area (Å²) >= 11 is 0.934. The average molecular weight is 369 g/mol. The van der Waals surface area contributed by atoms with Crippen LogP contribution < -0.4 is 5.73 Å². The van der Waals surface area contributed by atoms with Crippen molar-refractivity contribution >= 4 is 23.0 Å². The van der Waals surface area contributed by atoms with Crippen LogP contribution in [0.15, 0.2) is 48.5 Å². The Morgan fingerprint density at radius 2 is 1.73 bits per heavy atom. The topological polar surface area (TPSA) is 83.6 Å². The Labute approximate surface area is 153 Å². The van der Waals surface area contributed by atoms with Crippen molar-refractivity contribution in [2.75, 3.05) is 5.73 Å². The van der Waals surface area contributed by atoms with Gasteiger partial charge in [-0.15, -0.1) is 11.3 Å². The third kappa shape index (κ3) is 2.63. The zero-order valence-electron chi connectivity index (χ0n) is 13.7. The monoisotopic (exact) mass is 369 g/mol. The maximum atomic E-state index is 13.3. The summed E-state index contributed by atoms with van der Waals surface area (Å²) in [5, 5.41) is 19.4. The number of benzene rings is 2. The van der Waals surface area contributed by atoms with Crippen LogP contribution >= 0.6 is 11.3 Å². The van der Waals surface area contributed by atoms with Gasteiger partial charge in [-0.2, -0.15) is 4.39 Å². The van der Waals surface area contributed by atoms with E-state index in [0.717, 1.165) is 22.5 Å². The number of thiophene rings is 1. The van der Waals surface area contributed by atoms with Crippen LogP contribution in [0, 0.1) is 5.13 Å². The summed E-state index contributed by atoms with van der Waals surface area (Å²) in [6.45, 7) is 0. The molecule has 0 atom stereocenters. The molecule has 132 valence electrons. The molecule has 1 aliphatic carbocycles. The number of carboxylic acid groups (broad SMARTS) is 1. The largest absolute Gasteiger partial charge is 0.507 e. The van der Waals surface area contributed by atoms with Gasteiger partial charge in [0.25, 0.3) is 0 Å². The van der Waals surface area contributed by atoms with Crippen molar-refractivity contribution in [2.45, 2.75) is 18.3 Å². The normalized spacial score (nSPS) is 15.0. The fourth-order valence-corrected chi connectivity index (χ4v) is 4.04. The van der Waals surface area contributed by atoms with Gasteiger partial charge in [-0.1, -0.05) is 36.4 Å². The summed E-state index contributed by atoms with van der Waals surface area (Å²) in [5.41, 5.74) is 8.23. The van der Waals surface area contributed by atoms with Crippen LogP contribution in [0.2, 0.25) is 0 Å². The second-order valence-electron chi connectivity index (χ2n) is 6.53. The Balaban J connectivity index is 1.66. The predicted molar refractivity (Wildman–Crippen MR) is 99.8 cm³/mol. The van der Waals surface area contributed by atoms with E-state index in [9.17, 15) is 19.4 Å². The average Bonchev–Trinajstić information content (AvgIpc) is 3.35. The van der Waals surface area contributed by atoms with Crippen LogP contribution in [0.3, 0.4) is 0 Å². The lowest BCUT2D eigenvalue weighted by Crippen LogP contribution is -2.19. The van der Waals surface area contributed by atoms with Crippen molar-refractivity contribution in [3.8, 4) is 27.3 Å². The second kappa shape index (κ2) is 5.85. The van der Waals surface area contributed by atoms with Crippen molar-refractivity contribution in [3.63, 3.8) is 0 Å². The van der Waals surface area contributed by atoms with E-state index < -0.39 is 11.4 Å². The molecule has 26 heavy (non-hydrogen) atoms. The zero-order valence-corrected chi connectivity index (χ0v) is 14.5. The first-order chi connectivity index (χ1) is 12.4. The van der Waals surface area contributed by atoms with Crippen LogP contribution in [0.5, 0.6) is 5.75 Å². The second-order valence-corrected chi connectivity index (χ2v) is 7.53. The lowest BCUT2D eigenvalue weighted by Gasteiger charge is -2.12. The number of aromatic hydroxyl groups is 1. The van der Waals surface area contributed by atoms with E-state index in [1.807, 2.05) is 12.1 Å². The first kappa shape index (κ1) is 16.6. The van der Waals surface area contributed by atoms with Gasteiger partial charge in [0.2, 0.25) is 0 Å². The van der Waals surface area contributed by atoms with Crippen molar-refractivity contribution in [1.82, 2.24) is 0 Å². The standard InChI is InChI=1S/C20H16FNO3S/c21-17-10-15(22)18(26-17)12-3-6-14(16(23)9-12)11-1-4-13(5-2-11)20(7-8-20)19(24)25/h1-6,9-10,23H,7-8,22H2,(H,24,25). The number of hydrogen-bond donors (Lipinski definition) is 3. The van der Waals surface area contributed by atoms with E-state index in [2.05, 4.69) is 0 Å². The molecule has 0 aliphatic heterocycles. The first-order valence-corrected chi connectivity index (χ1v) is 8.95. The number of hydrogen-bond acceptors (Lipinski definition) is 4. The van der Waals surface area contributed by atoms with Crippen LogP contribution in [0.25, 0.3) is 21.6 Å². The van der Waals surface area contributed by atoms with Crippen LogP contribution in [-0.4, -0.2) is 16.2 Å². The van der Waals surface area contributed by atoms with E-state index in [0.29, 0.717) is 34.5 Å². The quantitative estimate of drug-likeness (QED) is 0.626. The Hall–Kier alpha value is -2.86. The summed E-state index contributed by atoms with van der Waals surface area (Å²) in [7, 11) is 0. The Kier molecular flexibility index (Phi) is 3.73. The molecule has 1 aliphatic rings. The number of anilines is 1. The Morgan fingerprint density at radius 3 is 2.23 bits per heavy atom. The van der Waals surface area contributed by atoms with Gasteiger partial charge in [0.1, 0.15) is 5.75 Å². The molecule has 0 saturated heterocycles. The van der Waals surface area contributed by atoms with Gasteiger partial charge in [-0.3, -0.25) is 4.79 Å². The number of carbonyl (C=O) groups is 1. The number of aliphatic carboxylic acids is 1. The lowest BCUT2D eigenvalue weighted by molar-refractivity contribution is -0.140. The lowest BCUT2D eigenvalue weighted by atomic mass is 9.93. The van der Waals surface area contributed by atoms with Crippen LogP contribution in [0.1, 0.15) is 18.4 Å². The highest BCUT2D eigenvalue weighted by Crippen LogP contribution is 2.49. The molecule has 2 aromatic carbocycles. The van der Waals surface area contributed by atoms with Crippen molar-refractivity contribution < 1.29 is 19.4 Å². The van der Waals surface area contributed by atoms with Crippen molar-refractivity contribution in [3.05, 3.63) is 59.2 Å². The van der Waals surface area contributed by atoms with Crippen LogP contribution in [-0.2, 0) is 10.2 Å². The first-order valence-electron chi connectivity index (χ1n) is 8.13. The maximum Gasteiger partial charge on any atom is 0.314 e. The fraction of sp³-hybridized carbons (Fsp3) is 0.150. The predicted octanol–water partition coefficient (Wildman–Crippen LogP) is 4.63. The highest BCUT2D eigenvalue weighted by molar-refractivity contribution is 7.14. The summed E-state index contributed by atoms with van der Waals surface area (Å²) < 4.78 is 13.3. The third-order valence-electron chi connectivity index (χ3n) is 4.90. The van der Waals surface area contributed by atoms with Gasteiger partial charge < -0.3 is 15.9 Å². The minimum Gasteiger partial charge on any atom is -0.507 e. The Morgan fingerprint density at radius 1 is 1.08 bits per heavy atom. The zero-order chi connectivity index (χ0) is 18.5. The summed E-state index contributed by atoms with van der Waals surface area (Å²) in [6.07, 6.45) is 1.31. The summed E-state index contributed by atoms with van der Waals surface area (Å²) in [5.74, 6) is -0.735. The molecule has 4 nitrogen and oxygen atoms in total. The minimum atomic E-state index is -0.793. The smallest absolute Gasteiger partial charge is 0.314 e. The van der Waals surface area contributed by atoms with Gasteiger partial charge in [0.05, 0.1) is 16.0 Å². The highest BCUT2D eigenvalue weighted by atomic mass is 32.1. The van der Waals surface area contributed by atoms with Gasteiger partial charge in [-0.05, 0) is 35.6 Å².